The first-order chi connectivity index (χ1) is 5.87. The molecule has 0 saturated carbocycles. The number of amides is 1. The second-order valence-electron chi connectivity index (χ2n) is 3.45. The zero-order valence-electron chi connectivity index (χ0n) is 8.39. The molecule has 0 bridgehead atoms. The predicted octanol–water partition coefficient (Wildman–Crippen LogP) is 1.43. The van der Waals surface area contributed by atoms with Gasteiger partial charge >= 0.3 is 0 Å². The number of hydroxylamine groups is 1. The number of carbonyl (C=O) groups excluding carboxylic acids is 1. The van der Waals surface area contributed by atoms with E-state index >= 15 is 0 Å². The molecule has 0 radical (unpaired) electrons. The van der Waals surface area contributed by atoms with Gasteiger partial charge in [-0.1, -0.05) is 11.6 Å². The maximum absolute atomic E-state index is 11.1. The summed E-state index contributed by atoms with van der Waals surface area (Å²) >= 11 is 5.55. The van der Waals surface area contributed by atoms with Gasteiger partial charge in [0.15, 0.2) is 0 Å². The van der Waals surface area contributed by atoms with Crippen molar-refractivity contribution in [2.75, 3.05) is 6.61 Å². The van der Waals surface area contributed by atoms with Crippen molar-refractivity contribution in [2.24, 2.45) is 0 Å². The maximum atomic E-state index is 11.1. The molecule has 0 saturated heterocycles. The van der Waals surface area contributed by atoms with Crippen molar-refractivity contribution >= 4 is 17.5 Å². The second-order valence-corrected chi connectivity index (χ2v) is 3.85. The van der Waals surface area contributed by atoms with E-state index in [1.165, 1.54) is 0 Å². The van der Waals surface area contributed by atoms with E-state index in [1.807, 2.05) is 20.8 Å². The lowest BCUT2D eigenvalue weighted by Gasteiger charge is -2.19. The first kappa shape index (κ1) is 12.7. The lowest BCUT2D eigenvalue weighted by atomic mass is 10.2. The molecular formula is C8H16ClNO3. The van der Waals surface area contributed by atoms with Gasteiger partial charge in [-0.25, -0.2) is 5.48 Å². The molecule has 0 aromatic rings. The van der Waals surface area contributed by atoms with E-state index in [0.717, 1.165) is 0 Å². The second kappa shape index (κ2) is 5.42. The average Bonchev–Trinajstić information content (AvgIpc) is 1.99. The van der Waals surface area contributed by atoms with Gasteiger partial charge in [0.1, 0.15) is 0 Å². The number of hydrogen-bond acceptors (Lipinski definition) is 3. The van der Waals surface area contributed by atoms with Gasteiger partial charge in [0.05, 0.1) is 5.60 Å². The number of carbonyl (C=O) groups is 1. The van der Waals surface area contributed by atoms with Gasteiger partial charge in [0.25, 0.3) is 5.91 Å². The normalized spacial score (nSPS) is 13.9. The van der Waals surface area contributed by atoms with Gasteiger partial charge in [-0.05, 0) is 27.7 Å². The molecule has 0 aromatic carbocycles. The molecule has 1 N–H and O–H groups in total. The molecule has 0 aliphatic heterocycles. The van der Waals surface area contributed by atoms with Gasteiger partial charge in [0.2, 0.25) is 5.56 Å². The van der Waals surface area contributed by atoms with Crippen LogP contribution in [0.2, 0.25) is 0 Å². The smallest absolute Gasteiger partial charge is 0.288 e. The van der Waals surface area contributed by atoms with Crippen LogP contribution in [0.4, 0.5) is 0 Å². The molecule has 13 heavy (non-hydrogen) atoms. The van der Waals surface area contributed by atoms with Crippen molar-refractivity contribution in [3.63, 3.8) is 0 Å². The van der Waals surface area contributed by atoms with Crippen LogP contribution in [0.1, 0.15) is 27.7 Å². The minimum absolute atomic E-state index is 0.386. The zero-order valence-corrected chi connectivity index (χ0v) is 9.14. The van der Waals surface area contributed by atoms with Crippen molar-refractivity contribution in [1.82, 2.24) is 5.48 Å². The highest BCUT2D eigenvalue weighted by atomic mass is 35.5. The Kier molecular flexibility index (Phi) is 5.29. The van der Waals surface area contributed by atoms with Crippen LogP contribution in [0.3, 0.4) is 0 Å². The van der Waals surface area contributed by atoms with Crippen LogP contribution in [0.5, 0.6) is 0 Å². The van der Waals surface area contributed by atoms with Crippen molar-refractivity contribution < 1.29 is 14.4 Å². The monoisotopic (exact) mass is 209 g/mol. The average molecular weight is 210 g/mol. The summed E-state index contributed by atoms with van der Waals surface area (Å²) in [7, 11) is 0. The minimum atomic E-state index is -0.993. The topological polar surface area (TPSA) is 47.6 Å². The number of hydrogen-bond donors (Lipinski definition) is 1. The molecule has 78 valence electrons. The SMILES string of the molecule is CCOC(Cl)C(=O)NOC(C)(C)C. The Morgan fingerprint density at radius 3 is 2.46 bits per heavy atom. The van der Waals surface area contributed by atoms with E-state index in [0.29, 0.717) is 6.61 Å². The first-order valence-electron chi connectivity index (χ1n) is 4.10. The summed E-state index contributed by atoms with van der Waals surface area (Å²) in [5.74, 6) is -0.488. The van der Waals surface area contributed by atoms with Crippen LogP contribution in [0.15, 0.2) is 0 Å². The van der Waals surface area contributed by atoms with Crippen molar-refractivity contribution in [1.29, 1.82) is 0 Å². The number of nitrogens with one attached hydrogen (secondary N) is 1. The third-order valence-corrected chi connectivity index (χ3v) is 1.30. The zero-order chi connectivity index (χ0) is 10.5. The summed E-state index contributed by atoms with van der Waals surface area (Å²) in [6.45, 7) is 7.59. The molecule has 1 atom stereocenters. The van der Waals surface area contributed by atoms with E-state index in [9.17, 15) is 4.79 Å². The third kappa shape index (κ3) is 6.81. The van der Waals surface area contributed by atoms with Gasteiger partial charge in [-0.15, -0.1) is 0 Å². The van der Waals surface area contributed by atoms with Gasteiger partial charge in [-0.3, -0.25) is 9.63 Å². The molecule has 0 spiro atoms. The Labute approximate surface area is 83.5 Å². The number of ether oxygens (including phenoxy) is 1. The van der Waals surface area contributed by atoms with Crippen LogP contribution >= 0.6 is 11.6 Å². The van der Waals surface area contributed by atoms with E-state index in [2.05, 4.69) is 5.48 Å². The standard InChI is InChI=1S/C8H16ClNO3/c1-5-12-6(9)7(11)10-13-8(2,3)4/h6H,5H2,1-4H3,(H,10,11). The lowest BCUT2D eigenvalue weighted by Crippen LogP contribution is -2.38. The Hall–Kier alpha value is -0.320. The molecule has 0 rings (SSSR count). The molecule has 1 amide bonds. The molecule has 5 heteroatoms. The molecule has 0 heterocycles. The van der Waals surface area contributed by atoms with Crippen molar-refractivity contribution in [3.05, 3.63) is 0 Å². The lowest BCUT2D eigenvalue weighted by molar-refractivity contribution is -0.152. The summed E-state index contributed by atoms with van der Waals surface area (Å²) in [6, 6.07) is 0. The van der Waals surface area contributed by atoms with Crippen LogP contribution in [-0.2, 0) is 14.4 Å². The number of rotatable bonds is 4. The highest BCUT2D eigenvalue weighted by molar-refractivity contribution is 6.29. The van der Waals surface area contributed by atoms with Crippen molar-refractivity contribution in [2.45, 2.75) is 38.9 Å². The maximum Gasteiger partial charge on any atom is 0.288 e. The molecule has 4 nitrogen and oxygen atoms in total. The Bertz CT molecular complexity index is 167. The van der Waals surface area contributed by atoms with Crippen LogP contribution in [-0.4, -0.2) is 23.7 Å². The fourth-order valence-electron chi connectivity index (χ4n) is 0.472. The predicted molar refractivity (Wildman–Crippen MR) is 50.2 cm³/mol. The largest absolute Gasteiger partial charge is 0.354 e. The summed E-state index contributed by atoms with van der Waals surface area (Å²) in [5.41, 5.74) is 0.786. The Balaban J connectivity index is 3.74. The van der Waals surface area contributed by atoms with E-state index in [1.54, 1.807) is 6.92 Å². The van der Waals surface area contributed by atoms with E-state index in [-0.39, 0.29) is 0 Å². The number of halogens is 1. The van der Waals surface area contributed by atoms with Crippen LogP contribution in [0, 0.1) is 0 Å². The molecule has 0 aliphatic rings. The number of alkyl halides is 1. The first-order valence-corrected chi connectivity index (χ1v) is 4.54. The molecule has 0 aromatic heterocycles. The van der Waals surface area contributed by atoms with E-state index < -0.39 is 17.1 Å². The highest BCUT2D eigenvalue weighted by Crippen LogP contribution is 2.05. The Morgan fingerprint density at radius 2 is 2.08 bits per heavy atom. The molecular weight excluding hydrogens is 194 g/mol. The quantitative estimate of drug-likeness (QED) is 0.563. The minimum Gasteiger partial charge on any atom is -0.354 e. The molecule has 1 unspecified atom stereocenters. The van der Waals surface area contributed by atoms with E-state index in [4.69, 9.17) is 21.2 Å². The van der Waals surface area contributed by atoms with Crippen LogP contribution < -0.4 is 5.48 Å². The molecule has 0 fully saturated rings. The van der Waals surface area contributed by atoms with Crippen LogP contribution in [0.25, 0.3) is 0 Å². The van der Waals surface area contributed by atoms with Gasteiger partial charge < -0.3 is 4.74 Å². The Morgan fingerprint density at radius 1 is 1.54 bits per heavy atom. The highest BCUT2D eigenvalue weighted by Gasteiger charge is 2.18. The van der Waals surface area contributed by atoms with Gasteiger partial charge in [-0.2, -0.15) is 0 Å². The summed E-state index contributed by atoms with van der Waals surface area (Å²) in [5, 5.41) is 0. The summed E-state index contributed by atoms with van der Waals surface area (Å²) < 4.78 is 4.84. The van der Waals surface area contributed by atoms with Crippen molar-refractivity contribution in [3.8, 4) is 0 Å². The molecule has 0 aliphatic carbocycles. The van der Waals surface area contributed by atoms with Gasteiger partial charge in [0, 0.05) is 6.61 Å². The third-order valence-electron chi connectivity index (χ3n) is 0.977. The summed E-state index contributed by atoms with van der Waals surface area (Å²) in [4.78, 5) is 16.1. The fraction of sp³-hybridized carbons (Fsp3) is 0.875. The summed E-state index contributed by atoms with van der Waals surface area (Å²) in [6.07, 6.45) is 0. The fourth-order valence-corrected chi connectivity index (χ4v) is 0.642.